The average molecular weight is 578 g/mol. The Morgan fingerprint density at radius 1 is 0.952 bits per heavy atom. The number of fused-ring (bicyclic) bond motifs is 1. The molecule has 4 aliphatic heterocycles. The lowest BCUT2D eigenvalue weighted by Gasteiger charge is -2.43. The molecule has 0 spiro atoms. The number of hydrogen-bond acceptors (Lipinski definition) is 9. The Hall–Kier alpha value is -3.28. The standard InChI is InChI=1S/C31H43N7O4/c1-21(39)36-14-8-24(9-15-36)32-29-17-26(33-31(34-29)42-25-10-12-35(2)19-25)30(41)38-16-11-27(28(40)20-38)37-13-7-22-5-3-4-6-23(22)18-37/h3-6,17,24-25,27-28,40H,7-16,18-20H2,1-2H3,(H,32,33,34)/t25-,27-,28-/m1/s1. The first kappa shape index (κ1) is 28.8. The molecule has 3 fully saturated rings. The van der Waals surface area contributed by atoms with Crippen LogP contribution in [0.4, 0.5) is 5.82 Å². The Morgan fingerprint density at radius 2 is 1.71 bits per heavy atom. The Balaban J connectivity index is 1.14. The molecule has 0 radical (unpaired) electrons. The number of rotatable bonds is 6. The van der Waals surface area contributed by atoms with Gasteiger partial charge in [-0.3, -0.25) is 14.5 Å². The topological polar surface area (TPSA) is 114 Å². The summed E-state index contributed by atoms with van der Waals surface area (Å²) in [6.45, 7) is 7.28. The van der Waals surface area contributed by atoms with Crippen LogP contribution in [0.3, 0.4) is 0 Å². The molecule has 4 aliphatic rings. The van der Waals surface area contributed by atoms with Gasteiger partial charge in [0.2, 0.25) is 5.91 Å². The summed E-state index contributed by atoms with van der Waals surface area (Å²) < 4.78 is 6.16. The van der Waals surface area contributed by atoms with Crippen molar-refractivity contribution in [2.75, 3.05) is 58.2 Å². The van der Waals surface area contributed by atoms with Gasteiger partial charge in [0.05, 0.1) is 6.10 Å². The van der Waals surface area contributed by atoms with Gasteiger partial charge in [-0.1, -0.05) is 24.3 Å². The van der Waals surface area contributed by atoms with E-state index in [0.717, 1.165) is 51.9 Å². The number of β-amino-alcohol motifs (C(OH)–C–C–N with tert-alkyl or cyclic N) is 1. The van der Waals surface area contributed by atoms with Crippen molar-refractivity contribution in [3.05, 3.63) is 47.2 Å². The zero-order chi connectivity index (χ0) is 29.2. The zero-order valence-electron chi connectivity index (χ0n) is 24.7. The van der Waals surface area contributed by atoms with Crippen LogP contribution in [0.5, 0.6) is 6.01 Å². The van der Waals surface area contributed by atoms with Gasteiger partial charge in [0.1, 0.15) is 17.6 Å². The van der Waals surface area contributed by atoms with Crippen LogP contribution in [0.25, 0.3) is 0 Å². The molecule has 5 heterocycles. The summed E-state index contributed by atoms with van der Waals surface area (Å²) in [7, 11) is 2.06. The molecule has 0 unspecified atom stereocenters. The van der Waals surface area contributed by atoms with Crippen LogP contribution < -0.4 is 10.1 Å². The number of anilines is 1. The molecular formula is C31H43N7O4. The molecule has 2 aromatic rings. The number of nitrogens with one attached hydrogen (secondary N) is 1. The van der Waals surface area contributed by atoms with Crippen molar-refractivity contribution in [3.63, 3.8) is 0 Å². The highest BCUT2D eigenvalue weighted by Gasteiger charge is 2.36. The normalized spacial score (nSPS) is 25.7. The molecule has 11 nitrogen and oxygen atoms in total. The number of aliphatic hydroxyl groups excluding tert-OH is 1. The number of hydrogen-bond donors (Lipinski definition) is 2. The van der Waals surface area contributed by atoms with Gasteiger partial charge in [0.15, 0.2) is 0 Å². The number of ether oxygens (including phenoxy) is 1. The van der Waals surface area contributed by atoms with Crippen LogP contribution in [0.2, 0.25) is 0 Å². The van der Waals surface area contributed by atoms with Crippen molar-refractivity contribution >= 4 is 17.6 Å². The predicted molar refractivity (Wildman–Crippen MR) is 158 cm³/mol. The second-order valence-electron chi connectivity index (χ2n) is 12.3. The molecule has 2 N–H and O–H groups in total. The fourth-order valence-electron chi connectivity index (χ4n) is 6.84. The Morgan fingerprint density at radius 3 is 2.43 bits per heavy atom. The van der Waals surface area contributed by atoms with E-state index in [4.69, 9.17) is 4.74 Å². The molecule has 6 rings (SSSR count). The predicted octanol–water partition coefficient (Wildman–Crippen LogP) is 1.62. The first-order valence-corrected chi connectivity index (χ1v) is 15.4. The number of amides is 2. The third-order valence-electron chi connectivity index (χ3n) is 9.30. The monoisotopic (exact) mass is 577 g/mol. The van der Waals surface area contributed by atoms with Crippen molar-refractivity contribution in [2.45, 2.75) is 69.9 Å². The second-order valence-corrected chi connectivity index (χ2v) is 12.3. The molecule has 42 heavy (non-hydrogen) atoms. The van der Waals surface area contributed by atoms with E-state index in [9.17, 15) is 14.7 Å². The first-order valence-electron chi connectivity index (χ1n) is 15.4. The summed E-state index contributed by atoms with van der Waals surface area (Å²) >= 11 is 0. The molecule has 0 bridgehead atoms. The number of piperidine rings is 2. The van der Waals surface area contributed by atoms with Gasteiger partial charge in [-0.25, -0.2) is 0 Å². The van der Waals surface area contributed by atoms with Crippen LogP contribution in [-0.2, 0) is 17.8 Å². The van der Waals surface area contributed by atoms with E-state index in [2.05, 4.69) is 56.4 Å². The summed E-state index contributed by atoms with van der Waals surface area (Å²) in [5.41, 5.74) is 2.98. The van der Waals surface area contributed by atoms with Gasteiger partial charge in [0, 0.05) is 77.4 Å². The Labute approximate surface area is 247 Å². The van der Waals surface area contributed by atoms with Crippen molar-refractivity contribution in [1.29, 1.82) is 0 Å². The maximum Gasteiger partial charge on any atom is 0.319 e. The summed E-state index contributed by atoms with van der Waals surface area (Å²) in [6.07, 6.45) is 3.51. The molecule has 0 saturated carbocycles. The molecule has 3 atom stereocenters. The number of likely N-dealkylation sites (N-methyl/N-ethyl adjacent to an activating group) is 1. The van der Waals surface area contributed by atoms with Crippen molar-refractivity contribution in [3.8, 4) is 6.01 Å². The molecule has 1 aromatic heterocycles. The van der Waals surface area contributed by atoms with Crippen LogP contribution in [0, 0.1) is 0 Å². The van der Waals surface area contributed by atoms with Crippen LogP contribution >= 0.6 is 0 Å². The number of carbonyl (C=O) groups is 2. The van der Waals surface area contributed by atoms with Gasteiger partial charge in [-0.05, 0) is 50.3 Å². The number of benzene rings is 1. The van der Waals surface area contributed by atoms with Gasteiger partial charge in [-0.15, -0.1) is 0 Å². The molecule has 1 aromatic carbocycles. The number of likely N-dealkylation sites (tertiary alicyclic amines) is 3. The summed E-state index contributed by atoms with van der Waals surface area (Å²) in [5.74, 6) is 0.428. The number of aliphatic hydroxyl groups is 1. The molecule has 2 amide bonds. The van der Waals surface area contributed by atoms with E-state index < -0.39 is 6.10 Å². The molecule has 226 valence electrons. The minimum absolute atomic E-state index is 0.0177. The van der Waals surface area contributed by atoms with Crippen LogP contribution in [0.15, 0.2) is 30.3 Å². The van der Waals surface area contributed by atoms with E-state index in [1.54, 1.807) is 17.9 Å². The summed E-state index contributed by atoms with van der Waals surface area (Å²) in [6, 6.07) is 10.6. The first-order chi connectivity index (χ1) is 20.3. The highest BCUT2D eigenvalue weighted by atomic mass is 16.5. The fourth-order valence-corrected chi connectivity index (χ4v) is 6.84. The molecule has 11 heteroatoms. The molecular weight excluding hydrogens is 534 g/mol. The molecule has 3 saturated heterocycles. The van der Waals surface area contributed by atoms with Crippen molar-refractivity contribution in [1.82, 2.24) is 29.6 Å². The number of aromatic nitrogens is 2. The number of carbonyl (C=O) groups excluding carboxylic acids is 2. The van der Waals surface area contributed by atoms with E-state index in [-0.39, 0.29) is 48.3 Å². The lowest BCUT2D eigenvalue weighted by molar-refractivity contribution is -0.129. The van der Waals surface area contributed by atoms with Gasteiger partial charge in [0.25, 0.3) is 5.91 Å². The van der Waals surface area contributed by atoms with Gasteiger partial charge >= 0.3 is 6.01 Å². The van der Waals surface area contributed by atoms with Gasteiger partial charge in [-0.2, -0.15) is 9.97 Å². The van der Waals surface area contributed by atoms with E-state index in [1.807, 2.05) is 4.90 Å². The van der Waals surface area contributed by atoms with Crippen LogP contribution in [0.1, 0.15) is 54.2 Å². The van der Waals surface area contributed by atoms with E-state index in [0.29, 0.717) is 31.9 Å². The fraction of sp³-hybridized carbons (Fsp3) is 0.613. The zero-order valence-corrected chi connectivity index (χ0v) is 24.7. The largest absolute Gasteiger partial charge is 0.459 e. The summed E-state index contributed by atoms with van der Waals surface area (Å²) in [5, 5.41) is 14.7. The van der Waals surface area contributed by atoms with Gasteiger partial charge < -0.3 is 29.9 Å². The Bertz CT molecular complexity index is 1280. The summed E-state index contributed by atoms with van der Waals surface area (Å²) in [4.78, 5) is 42.8. The van der Waals surface area contributed by atoms with E-state index in [1.165, 1.54) is 11.1 Å². The quantitative estimate of drug-likeness (QED) is 0.529. The third kappa shape index (κ3) is 6.53. The molecule has 0 aliphatic carbocycles. The van der Waals surface area contributed by atoms with Crippen LogP contribution in [-0.4, -0.2) is 124 Å². The smallest absolute Gasteiger partial charge is 0.319 e. The average Bonchev–Trinajstić information content (AvgIpc) is 3.40. The van der Waals surface area contributed by atoms with E-state index >= 15 is 0 Å². The highest BCUT2D eigenvalue weighted by molar-refractivity contribution is 5.93. The SMILES string of the molecule is CC(=O)N1CCC(Nc2cc(C(=O)N3CC[C@@H](N4CCc5ccccc5C4)[C@H](O)C3)nc(O[C@@H]3CCN(C)C3)n2)CC1. The Kier molecular flexibility index (Phi) is 8.60. The van der Waals surface area contributed by atoms with Crippen molar-refractivity contribution < 1.29 is 19.4 Å². The van der Waals surface area contributed by atoms with Crippen molar-refractivity contribution in [2.24, 2.45) is 0 Å². The minimum Gasteiger partial charge on any atom is -0.459 e. The minimum atomic E-state index is -0.636. The third-order valence-corrected chi connectivity index (χ3v) is 9.30. The maximum absolute atomic E-state index is 13.8. The lowest BCUT2D eigenvalue weighted by Crippen LogP contribution is -2.56. The second kappa shape index (κ2) is 12.5. The number of nitrogens with zero attached hydrogens (tertiary/aromatic N) is 6. The maximum atomic E-state index is 13.8. The highest BCUT2D eigenvalue weighted by Crippen LogP contribution is 2.27. The lowest BCUT2D eigenvalue weighted by atomic mass is 9.94.